The maximum absolute atomic E-state index is 13.7. The van der Waals surface area contributed by atoms with E-state index in [0.717, 1.165) is 11.1 Å². The van der Waals surface area contributed by atoms with Crippen LogP contribution < -0.4 is 10.2 Å². The van der Waals surface area contributed by atoms with Gasteiger partial charge in [-0.2, -0.15) is 0 Å². The number of nitrogens with zero attached hydrogens (tertiary/aromatic N) is 2. The van der Waals surface area contributed by atoms with Crippen molar-refractivity contribution in [1.29, 1.82) is 0 Å². The number of rotatable bonds is 7. The smallest absolute Gasteiger partial charge is 0.411 e. The van der Waals surface area contributed by atoms with E-state index in [0.29, 0.717) is 23.2 Å². The van der Waals surface area contributed by atoms with Gasteiger partial charge in [0, 0.05) is 32.9 Å². The van der Waals surface area contributed by atoms with Crippen molar-refractivity contribution < 1.29 is 33.4 Å². The Hall–Kier alpha value is -3.92. The number of methoxy groups -OCH3 is 1. The Labute approximate surface area is 241 Å². The molecule has 41 heavy (non-hydrogen) atoms. The molecule has 0 spiro atoms. The maximum Gasteiger partial charge on any atom is 0.411 e. The molecule has 1 aliphatic rings. The third-order valence-electron chi connectivity index (χ3n) is 6.33. The third kappa shape index (κ3) is 8.29. The predicted octanol–water partition coefficient (Wildman–Crippen LogP) is 4.40. The van der Waals surface area contributed by atoms with Crippen LogP contribution in [0.4, 0.5) is 10.5 Å². The Balaban J connectivity index is 1.87. The van der Waals surface area contributed by atoms with Crippen LogP contribution in [0.2, 0.25) is 0 Å². The largest absolute Gasteiger partial charge is 0.456 e. The van der Waals surface area contributed by atoms with Crippen LogP contribution in [0, 0.1) is 0 Å². The van der Waals surface area contributed by atoms with E-state index in [9.17, 15) is 19.2 Å². The lowest BCUT2D eigenvalue weighted by Crippen LogP contribution is -2.49. The highest BCUT2D eigenvalue weighted by molar-refractivity contribution is 5.96. The van der Waals surface area contributed by atoms with E-state index in [2.05, 4.69) is 5.32 Å². The second-order valence-corrected chi connectivity index (χ2v) is 12.0. The van der Waals surface area contributed by atoms with Gasteiger partial charge in [-0.1, -0.05) is 24.3 Å². The first-order chi connectivity index (χ1) is 19.1. The predicted molar refractivity (Wildman–Crippen MR) is 155 cm³/mol. The fourth-order valence-corrected chi connectivity index (χ4v) is 4.50. The fraction of sp³-hybridized carbons (Fsp3) is 0.484. The lowest BCUT2D eigenvalue weighted by Gasteiger charge is -2.38. The highest BCUT2D eigenvalue weighted by atomic mass is 16.6. The lowest BCUT2D eigenvalue weighted by molar-refractivity contribution is -0.127. The average Bonchev–Trinajstić information content (AvgIpc) is 2.88. The van der Waals surface area contributed by atoms with Gasteiger partial charge in [-0.05, 0) is 82.9 Å². The molecule has 0 saturated carbocycles. The summed E-state index contributed by atoms with van der Waals surface area (Å²) in [6.07, 6.45) is -0.162. The monoisotopic (exact) mass is 567 g/mol. The van der Waals surface area contributed by atoms with Crippen LogP contribution >= 0.6 is 0 Å². The van der Waals surface area contributed by atoms with Gasteiger partial charge in [-0.3, -0.25) is 14.5 Å². The fourth-order valence-electron chi connectivity index (χ4n) is 4.50. The zero-order chi connectivity index (χ0) is 30.5. The summed E-state index contributed by atoms with van der Waals surface area (Å²) >= 11 is 0. The first kappa shape index (κ1) is 31.6. The molecule has 0 aliphatic carbocycles. The summed E-state index contributed by atoms with van der Waals surface area (Å²) in [6.45, 7) is 11.0. The minimum absolute atomic E-state index is 0.0825. The van der Waals surface area contributed by atoms with Gasteiger partial charge in [-0.15, -0.1) is 0 Å². The molecule has 0 fully saturated rings. The minimum atomic E-state index is -0.972. The summed E-state index contributed by atoms with van der Waals surface area (Å²) in [6, 6.07) is 11.2. The molecule has 0 bridgehead atoms. The molecule has 1 heterocycles. The minimum Gasteiger partial charge on any atom is -0.456 e. The number of carbonyl (C=O) groups excluding carboxylic acids is 4. The van der Waals surface area contributed by atoms with Gasteiger partial charge in [0.15, 0.2) is 0 Å². The van der Waals surface area contributed by atoms with E-state index >= 15 is 0 Å². The van der Waals surface area contributed by atoms with Gasteiger partial charge < -0.3 is 24.4 Å². The van der Waals surface area contributed by atoms with Gasteiger partial charge in [0.2, 0.25) is 5.91 Å². The van der Waals surface area contributed by atoms with Crippen molar-refractivity contribution >= 4 is 29.6 Å². The van der Waals surface area contributed by atoms with Crippen molar-refractivity contribution in [2.24, 2.45) is 0 Å². The SMILES string of the molecule is COCC(=O)N(C)c1cccc2c1CCN(C(=O)OC(C)(C)C)C2C(=O)NCc1ccc(C(=O)OC(C)(C)C)cc1. The number of amides is 3. The number of ether oxygens (including phenoxy) is 3. The zero-order valence-electron chi connectivity index (χ0n) is 25.2. The van der Waals surface area contributed by atoms with Gasteiger partial charge in [0.05, 0.1) is 5.56 Å². The van der Waals surface area contributed by atoms with Crippen LogP contribution in [0.15, 0.2) is 42.5 Å². The third-order valence-corrected chi connectivity index (χ3v) is 6.33. The number of likely N-dealkylation sites (N-methyl/N-ethyl adjacent to an activating group) is 1. The number of nitrogens with one attached hydrogen (secondary N) is 1. The molecule has 1 unspecified atom stereocenters. The van der Waals surface area contributed by atoms with E-state index in [4.69, 9.17) is 14.2 Å². The molecule has 2 aromatic carbocycles. The standard InChI is InChI=1S/C31H41N3O7/c1-30(2,3)40-28(37)21-14-12-20(13-15-21)18-32-27(36)26-23-10-9-11-24(33(7)25(35)19-39-8)22(23)16-17-34(26)29(38)41-31(4,5)6/h9-15,26H,16-19H2,1-8H3,(H,32,36). The molecular formula is C31H41N3O7. The highest BCUT2D eigenvalue weighted by Gasteiger charge is 2.39. The molecule has 222 valence electrons. The van der Waals surface area contributed by atoms with Crippen LogP contribution in [0.25, 0.3) is 0 Å². The molecule has 2 aromatic rings. The van der Waals surface area contributed by atoms with E-state index in [1.54, 1.807) is 85.0 Å². The van der Waals surface area contributed by atoms with Gasteiger partial charge in [-0.25, -0.2) is 9.59 Å². The maximum atomic E-state index is 13.7. The van der Waals surface area contributed by atoms with Crippen LogP contribution in [-0.2, 0) is 36.8 Å². The summed E-state index contributed by atoms with van der Waals surface area (Å²) in [4.78, 5) is 54.8. The molecule has 0 saturated heterocycles. The summed E-state index contributed by atoms with van der Waals surface area (Å²) in [7, 11) is 3.11. The number of hydrogen-bond donors (Lipinski definition) is 1. The molecule has 0 aromatic heterocycles. The topological polar surface area (TPSA) is 114 Å². The highest BCUT2D eigenvalue weighted by Crippen LogP contribution is 2.36. The van der Waals surface area contributed by atoms with Crippen molar-refractivity contribution in [3.63, 3.8) is 0 Å². The van der Waals surface area contributed by atoms with E-state index in [1.807, 2.05) is 6.07 Å². The molecule has 1 atom stereocenters. The molecule has 1 N–H and O–H groups in total. The number of esters is 1. The second kappa shape index (κ2) is 12.7. The van der Waals surface area contributed by atoms with Gasteiger partial charge in [0.25, 0.3) is 5.91 Å². The Bertz CT molecular complexity index is 1280. The Kier molecular flexibility index (Phi) is 9.81. The molecule has 10 nitrogen and oxygen atoms in total. The molecule has 10 heteroatoms. The Morgan fingerprint density at radius 3 is 2.17 bits per heavy atom. The normalized spacial score (nSPS) is 15.0. The average molecular weight is 568 g/mol. The molecular weight excluding hydrogens is 526 g/mol. The quantitative estimate of drug-likeness (QED) is 0.493. The van der Waals surface area contributed by atoms with Crippen molar-refractivity contribution in [1.82, 2.24) is 10.2 Å². The van der Waals surface area contributed by atoms with Crippen molar-refractivity contribution in [2.45, 2.75) is 71.8 Å². The van der Waals surface area contributed by atoms with Crippen LogP contribution in [0.1, 0.15) is 74.6 Å². The number of fused-ring (bicyclic) bond motifs is 1. The second-order valence-electron chi connectivity index (χ2n) is 12.0. The molecule has 0 radical (unpaired) electrons. The van der Waals surface area contributed by atoms with Gasteiger partial charge in [0.1, 0.15) is 23.9 Å². The van der Waals surface area contributed by atoms with E-state index in [-0.39, 0.29) is 25.6 Å². The van der Waals surface area contributed by atoms with Crippen molar-refractivity contribution in [2.75, 3.05) is 32.2 Å². The summed E-state index contributed by atoms with van der Waals surface area (Å²) in [5.41, 5.74) is 1.91. The molecule has 3 amide bonds. The number of benzene rings is 2. The first-order valence-electron chi connectivity index (χ1n) is 13.6. The van der Waals surface area contributed by atoms with Crippen molar-refractivity contribution in [3.05, 3.63) is 64.7 Å². The summed E-state index contributed by atoms with van der Waals surface area (Å²) in [5.74, 6) is -1.05. The van der Waals surface area contributed by atoms with Crippen molar-refractivity contribution in [3.8, 4) is 0 Å². The van der Waals surface area contributed by atoms with Crippen LogP contribution in [0.3, 0.4) is 0 Å². The molecule has 1 aliphatic heterocycles. The Morgan fingerprint density at radius 1 is 0.951 bits per heavy atom. The lowest BCUT2D eigenvalue weighted by atomic mass is 9.90. The zero-order valence-corrected chi connectivity index (χ0v) is 25.2. The summed E-state index contributed by atoms with van der Waals surface area (Å²) < 4.78 is 16.1. The van der Waals surface area contributed by atoms with Gasteiger partial charge >= 0.3 is 12.1 Å². The number of carbonyl (C=O) groups is 4. The number of hydrogen-bond acceptors (Lipinski definition) is 7. The summed E-state index contributed by atoms with van der Waals surface area (Å²) in [5, 5.41) is 2.93. The molecule has 3 rings (SSSR count). The van der Waals surface area contributed by atoms with Crippen LogP contribution in [-0.4, -0.2) is 67.3 Å². The van der Waals surface area contributed by atoms with E-state index < -0.39 is 35.2 Å². The van der Waals surface area contributed by atoms with E-state index in [1.165, 1.54) is 16.9 Å². The first-order valence-corrected chi connectivity index (χ1v) is 13.6. The Morgan fingerprint density at radius 2 is 1.59 bits per heavy atom. The van der Waals surface area contributed by atoms with Crippen LogP contribution in [0.5, 0.6) is 0 Å². The number of anilines is 1.